The van der Waals surface area contributed by atoms with Gasteiger partial charge >= 0.3 is 5.97 Å². The molecule has 2 N–H and O–H groups in total. The van der Waals surface area contributed by atoms with Crippen LogP contribution >= 0.6 is 11.3 Å². The summed E-state index contributed by atoms with van der Waals surface area (Å²) in [6.45, 7) is 6.15. The van der Waals surface area contributed by atoms with Crippen LogP contribution < -0.4 is 4.74 Å². The first kappa shape index (κ1) is 16.3. The van der Waals surface area contributed by atoms with Crippen LogP contribution in [0.15, 0.2) is 6.07 Å². The molecule has 0 radical (unpaired) electrons. The van der Waals surface area contributed by atoms with E-state index in [9.17, 15) is 15.0 Å². The fourth-order valence-corrected chi connectivity index (χ4v) is 3.52. The Hall–Kier alpha value is -1.07. The van der Waals surface area contributed by atoms with Crippen LogP contribution in [0.25, 0.3) is 0 Å². The van der Waals surface area contributed by atoms with Gasteiger partial charge in [-0.05, 0) is 30.7 Å². The molecule has 1 aromatic heterocycles. The van der Waals surface area contributed by atoms with Crippen LogP contribution in [-0.2, 0) is 5.41 Å². The first-order chi connectivity index (χ1) is 9.79. The topological polar surface area (TPSA) is 66.8 Å². The minimum absolute atomic E-state index is 0.113. The lowest BCUT2D eigenvalue weighted by Crippen LogP contribution is -2.30. The Morgan fingerprint density at radius 1 is 1.29 bits per heavy atom. The third kappa shape index (κ3) is 3.98. The lowest BCUT2D eigenvalue weighted by molar-refractivity contribution is 0.0309. The van der Waals surface area contributed by atoms with E-state index < -0.39 is 12.1 Å². The summed E-state index contributed by atoms with van der Waals surface area (Å²) in [5.74, 6) is -0.558. The fourth-order valence-electron chi connectivity index (χ4n) is 2.54. The molecular formula is C16H24O4S. The average Bonchev–Trinajstić information content (AvgIpc) is 2.70. The van der Waals surface area contributed by atoms with Gasteiger partial charge in [-0.25, -0.2) is 4.79 Å². The highest BCUT2D eigenvalue weighted by Gasteiger charge is 2.28. The maximum absolute atomic E-state index is 11.4. The van der Waals surface area contributed by atoms with Crippen molar-refractivity contribution in [2.24, 2.45) is 0 Å². The highest BCUT2D eigenvalue weighted by Crippen LogP contribution is 2.38. The number of carboxylic acid groups (broad SMARTS) is 1. The second-order valence-corrected chi connectivity index (χ2v) is 7.77. The normalized spacial score (nSPS) is 23.6. The number of thiophene rings is 1. The molecule has 1 aliphatic carbocycles. The first-order valence-electron chi connectivity index (χ1n) is 7.51. The van der Waals surface area contributed by atoms with Gasteiger partial charge in [0, 0.05) is 4.88 Å². The summed E-state index contributed by atoms with van der Waals surface area (Å²) in [4.78, 5) is 12.6. The Kier molecular flexibility index (Phi) is 4.94. The predicted molar refractivity (Wildman–Crippen MR) is 83.5 cm³/mol. The molecule has 2 atom stereocenters. The smallest absolute Gasteiger partial charge is 0.349 e. The molecular weight excluding hydrogens is 288 g/mol. The van der Waals surface area contributed by atoms with Gasteiger partial charge in [0.25, 0.3) is 0 Å². The minimum atomic E-state index is -0.964. The zero-order chi connectivity index (χ0) is 15.6. The molecule has 21 heavy (non-hydrogen) atoms. The Bertz CT molecular complexity index is 501. The average molecular weight is 312 g/mol. The monoisotopic (exact) mass is 312 g/mol. The Labute approximate surface area is 129 Å². The molecule has 0 aliphatic heterocycles. The van der Waals surface area contributed by atoms with Crippen LogP contribution in [0.1, 0.15) is 67.4 Å². The lowest BCUT2D eigenvalue weighted by Gasteiger charge is -2.21. The number of aliphatic hydroxyl groups is 1. The van der Waals surface area contributed by atoms with E-state index in [2.05, 4.69) is 20.8 Å². The Balaban J connectivity index is 2.25. The van der Waals surface area contributed by atoms with E-state index in [1.165, 1.54) is 11.3 Å². The van der Waals surface area contributed by atoms with Crippen LogP contribution in [-0.4, -0.2) is 28.4 Å². The molecule has 0 bridgehead atoms. The fraction of sp³-hybridized carbons (Fsp3) is 0.688. The van der Waals surface area contributed by atoms with Crippen LogP contribution in [0, 0.1) is 0 Å². The predicted octanol–water partition coefficient (Wildman–Crippen LogP) is 3.82. The minimum Gasteiger partial charge on any atom is -0.486 e. The maximum atomic E-state index is 11.4. The van der Waals surface area contributed by atoms with Gasteiger partial charge in [0.2, 0.25) is 0 Å². The van der Waals surface area contributed by atoms with Crippen LogP contribution in [0.3, 0.4) is 0 Å². The standard InChI is InChI=1S/C16H24O4S/c1-16(2,3)13-9-12(14(21-13)15(18)19)20-11-8-6-4-5-7-10(11)17/h9-11,17H,4-8H2,1-3H3,(H,18,19). The van der Waals surface area contributed by atoms with Gasteiger partial charge in [-0.15, -0.1) is 11.3 Å². The van der Waals surface area contributed by atoms with Crippen molar-refractivity contribution in [2.45, 2.75) is 70.5 Å². The zero-order valence-corrected chi connectivity index (χ0v) is 13.7. The number of aliphatic hydroxyl groups excluding tert-OH is 1. The van der Waals surface area contributed by atoms with Gasteiger partial charge in [0.1, 0.15) is 11.9 Å². The number of hydrogen-bond acceptors (Lipinski definition) is 4. The molecule has 0 saturated heterocycles. The molecule has 1 heterocycles. The number of ether oxygens (including phenoxy) is 1. The molecule has 118 valence electrons. The molecule has 1 aromatic rings. The molecule has 1 fully saturated rings. The summed E-state index contributed by atoms with van der Waals surface area (Å²) < 4.78 is 5.90. The summed E-state index contributed by atoms with van der Waals surface area (Å²) in [5, 5.41) is 19.5. The van der Waals surface area contributed by atoms with E-state index in [0.717, 1.165) is 37.0 Å². The quantitative estimate of drug-likeness (QED) is 0.833. The van der Waals surface area contributed by atoms with Crippen molar-refractivity contribution in [3.05, 3.63) is 15.8 Å². The zero-order valence-electron chi connectivity index (χ0n) is 12.9. The lowest BCUT2D eigenvalue weighted by atomic mass is 9.95. The number of carbonyl (C=O) groups is 1. The van der Waals surface area contributed by atoms with E-state index in [4.69, 9.17) is 4.74 Å². The van der Waals surface area contributed by atoms with Crippen molar-refractivity contribution in [3.8, 4) is 5.75 Å². The van der Waals surface area contributed by atoms with Gasteiger partial charge in [0.05, 0.1) is 6.10 Å². The van der Waals surface area contributed by atoms with Gasteiger partial charge in [0.15, 0.2) is 4.88 Å². The second kappa shape index (κ2) is 6.36. The SMILES string of the molecule is CC(C)(C)c1cc(OC2CCCCCC2O)c(C(=O)O)s1. The molecule has 0 aromatic carbocycles. The molecule has 0 spiro atoms. The third-order valence-electron chi connectivity index (χ3n) is 3.83. The molecule has 0 amide bonds. The van der Waals surface area contributed by atoms with Gasteiger partial charge in [-0.3, -0.25) is 0 Å². The number of carboxylic acids is 1. The van der Waals surface area contributed by atoms with E-state index in [0.29, 0.717) is 5.75 Å². The van der Waals surface area contributed by atoms with Crippen molar-refractivity contribution in [3.63, 3.8) is 0 Å². The Morgan fingerprint density at radius 2 is 1.95 bits per heavy atom. The highest BCUT2D eigenvalue weighted by molar-refractivity contribution is 7.14. The number of hydrogen-bond donors (Lipinski definition) is 2. The maximum Gasteiger partial charge on any atom is 0.349 e. The van der Waals surface area contributed by atoms with Crippen molar-refractivity contribution in [1.29, 1.82) is 0 Å². The van der Waals surface area contributed by atoms with Gasteiger partial charge in [-0.1, -0.05) is 33.6 Å². The summed E-state index contributed by atoms with van der Waals surface area (Å²) in [6, 6.07) is 1.83. The van der Waals surface area contributed by atoms with E-state index in [1.807, 2.05) is 6.07 Å². The highest BCUT2D eigenvalue weighted by atomic mass is 32.1. The van der Waals surface area contributed by atoms with Crippen molar-refractivity contribution in [1.82, 2.24) is 0 Å². The van der Waals surface area contributed by atoms with Crippen LogP contribution in [0.4, 0.5) is 0 Å². The van der Waals surface area contributed by atoms with Crippen LogP contribution in [0.5, 0.6) is 5.75 Å². The first-order valence-corrected chi connectivity index (χ1v) is 8.33. The summed E-state index contributed by atoms with van der Waals surface area (Å²) in [6.07, 6.45) is 3.81. The summed E-state index contributed by atoms with van der Waals surface area (Å²) >= 11 is 1.26. The summed E-state index contributed by atoms with van der Waals surface area (Å²) in [7, 11) is 0. The number of rotatable bonds is 3. The third-order valence-corrected chi connectivity index (χ3v) is 5.36. The van der Waals surface area contributed by atoms with Gasteiger partial charge in [-0.2, -0.15) is 0 Å². The van der Waals surface area contributed by atoms with Gasteiger partial charge < -0.3 is 14.9 Å². The largest absolute Gasteiger partial charge is 0.486 e. The molecule has 2 unspecified atom stereocenters. The Morgan fingerprint density at radius 3 is 2.57 bits per heavy atom. The molecule has 2 rings (SSSR count). The molecule has 1 aliphatic rings. The van der Waals surface area contributed by atoms with Crippen LogP contribution in [0.2, 0.25) is 0 Å². The molecule has 5 heteroatoms. The van der Waals surface area contributed by atoms with Crippen molar-refractivity contribution >= 4 is 17.3 Å². The van der Waals surface area contributed by atoms with E-state index in [1.54, 1.807) is 0 Å². The number of aromatic carboxylic acids is 1. The van der Waals surface area contributed by atoms with E-state index >= 15 is 0 Å². The molecule has 4 nitrogen and oxygen atoms in total. The van der Waals surface area contributed by atoms with Crippen molar-refractivity contribution < 1.29 is 19.7 Å². The van der Waals surface area contributed by atoms with Crippen molar-refractivity contribution in [2.75, 3.05) is 0 Å². The molecule has 1 saturated carbocycles. The second-order valence-electron chi connectivity index (χ2n) is 6.72. The summed E-state index contributed by atoms with van der Waals surface area (Å²) in [5.41, 5.74) is -0.113. The van der Waals surface area contributed by atoms with E-state index in [-0.39, 0.29) is 16.4 Å².